The van der Waals surface area contributed by atoms with Crippen molar-refractivity contribution in [3.63, 3.8) is 0 Å². The molecule has 4 nitrogen and oxygen atoms in total. The molecule has 0 aromatic carbocycles. The Bertz CT molecular complexity index is 370. The predicted octanol–water partition coefficient (Wildman–Crippen LogP) is 2.70. The maximum absolute atomic E-state index is 11.3. The molecule has 112 valence electrons. The zero-order valence-corrected chi connectivity index (χ0v) is 12.8. The summed E-state index contributed by atoms with van der Waals surface area (Å²) in [5, 5.41) is 0. The fourth-order valence-corrected chi connectivity index (χ4v) is 4.96. The van der Waals surface area contributed by atoms with Gasteiger partial charge in [0.2, 0.25) is 9.05 Å². The molecule has 0 amide bonds. The molecule has 0 spiro atoms. The van der Waals surface area contributed by atoms with Crippen LogP contribution in [0, 0.1) is 5.41 Å². The molecule has 1 saturated carbocycles. The smallest absolute Gasteiger partial charge is 0.233 e. The van der Waals surface area contributed by atoms with Gasteiger partial charge in [0.05, 0.1) is 25.1 Å². The molecule has 2 aliphatic rings. The zero-order chi connectivity index (χ0) is 13.8. The summed E-state index contributed by atoms with van der Waals surface area (Å²) in [5.41, 5.74) is -0.269. The molecule has 1 atom stereocenters. The first-order chi connectivity index (χ1) is 8.99. The Morgan fingerprint density at radius 1 is 1.21 bits per heavy atom. The molecule has 1 aliphatic heterocycles. The van der Waals surface area contributed by atoms with Crippen LogP contribution in [0.2, 0.25) is 0 Å². The lowest BCUT2D eigenvalue weighted by atomic mass is 9.90. The first-order valence-electron chi connectivity index (χ1n) is 7.11. The molecule has 0 radical (unpaired) electrons. The summed E-state index contributed by atoms with van der Waals surface area (Å²) in [6.45, 7) is 1.87. The van der Waals surface area contributed by atoms with E-state index in [-0.39, 0.29) is 17.3 Å². The normalized spacial score (nSPS) is 27.5. The Kier molecular flexibility index (Phi) is 5.52. The van der Waals surface area contributed by atoms with Gasteiger partial charge in [0.1, 0.15) is 0 Å². The van der Waals surface area contributed by atoms with Crippen LogP contribution in [0.15, 0.2) is 0 Å². The Morgan fingerprint density at radius 2 is 1.95 bits per heavy atom. The summed E-state index contributed by atoms with van der Waals surface area (Å²) in [7, 11) is 1.96. The number of halogens is 1. The van der Waals surface area contributed by atoms with Crippen LogP contribution in [0.5, 0.6) is 0 Å². The number of ether oxygens (including phenoxy) is 2. The second-order valence-electron chi connectivity index (χ2n) is 5.89. The van der Waals surface area contributed by atoms with Crippen LogP contribution in [-0.2, 0) is 18.5 Å². The molecule has 0 bridgehead atoms. The summed E-state index contributed by atoms with van der Waals surface area (Å²) >= 11 is 0. The van der Waals surface area contributed by atoms with Crippen molar-refractivity contribution in [1.29, 1.82) is 0 Å². The van der Waals surface area contributed by atoms with E-state index in [1.807, 2.05) is 0 Å². The molecule has 19 heavy (non-hydrogen) atoms. The van der Waals surface area contributed by atoms with Crippen molar-refractivity contribution in [3.05, 3.63) is 0 Å². The minimum absolute atomic E-state index is 0.0348. The fraction of sp³-hybridized carbons (Fsp3) is 1.00. The number of rotatable bonds is 6. The highest BCUT2D eigenvalue weighted by Gasteiger charge is 2.38. The molecular formula is C13H23ClO4S. The van der Waals surface area contributed by atoms with Gasteiger partial charge >= 0.3 is 0 Å². The van der Waals surface area contributed by atoms with Crippen molar-refractivity contribution in [2.24, 2.45) is 5.41 Å². The number of hydrogen-bond donors (Lipinski definition) is 0. The lowest BCUT2D eigenvalue weighted by molar-refractivity contribution is -0.0556. The average molecular weight is 311 g/mol. The van der Waals surface area contributed by atoms with E-state index in [4.69, 9.17) is 20.2 Å². The SMILES string of the molecule is O=S(=O)(Cl)CC1(COCC2CCCCO2)CCCC1. The summed E-state index contributed by atoms with van der Waals surface area (Å²) in [6, 6.07) is 0. The molecule has 0 aromatic rings. The summed E-state index contributed by atoms with van der Waals surface area (Å²) in [5.74, 6) is 0.0348. The summed E-state index contributed by atoms with van der Waals surface area (Å²) in [6.07, 6.45) is 7.46. The van der Waals surface area contributed by atoms with E-state index < -0.39 is 9.05 Å². The lowest BCUT2D eigenvalue weighted by Crippen LogP contribution is -2.33. The van der Waals surface area contributed by atoms with E-state index in [1.54, 1.807) is 0 Å². The zero-order valence-electron chi connectivity index (χ0n) is 11.3. The van der Waals surface area contributed by atoms with E-state index in [0.29, 0.717) is 13.2 Å². The molecule has 1 aliphatic carbocycles. The van der Waals surface area contributed by atoms with Gasteiger partial charge in [-0.25, -0.2) is 8.42 Å². The van der Waals surface area contributed by atoms with Crippen LogP contribution in [-0.4, -0.2) is 40.1 Å². The van der Waals surface area contributed by atoms with Crippen LogP contribution < -0.4 is 0 Å². The van der Waals surface area contributed by atoms with Crippen molar-refractivity contribution >= 4 is 19.7 Å². The average Bonchev–Trinajstić information content (AvgIpc) is 2.77. The van der Waals surface area contributed by atoms with Crippen molar-refractivity contribution in [2.45, 2.75) is 51.0 Å². The molecule has 0 aromatic heterocycles. The summed E-state index contributed by atoms with van der Waals surface area (Å²) in [4.78, 5) is 0. The Balaban J connectivity index is 1.80. The molecule has 6 heteroatoms. The van der Waals surface area contributed by atoms with Gasteiger partial charge in [-0.2, -0.15) is 0 Å². The maximum Gasteiger partial charge on any atom is 0.233 e. The third-order valence-electron chi connectivity index (χ3n) is 4.13. The first-order valence-corrected chi connectivity index (χ1v) is 9.59. The van der Waals surface area contributed by atoms with Crippen LogP contribution in [0.25, 0.3) is 0 Å². The molecule has 1 heterocycles. The van der Waals surface area contributed by atoms with Crippen LogP contribution >= 0.6 is 10.7 Å². The molecule has 1 unspecified atom stereocenters. The molecular weight excluding hydrogens is 288 g/mol. The topological polar surface area (TPSA) is 52.6 Å². The van der Waals surface area contributed by atoms with Gasteiger partial charge in [-0.1, -0.05) is 12.8 Å². The first kappa shape index (κ1) is 15.5. The van der Waals surface area contributed by atoms with E-state index in [0.717, 1.165) is 45.1 Å². The van der Waals surface area contributed by atoms with Crippen molar-refractivity contribution in [3.8, 4) is 0 Å². The van der Waals surface area contributed by atoms with Gasteiger partial charge in [0.15, 0.2) is 0 Å². The van der Waals surface area contributed by atoms with Gasteiger partial charge in [0, 0.05) is 22.7 Å². The highest BCUT2D eigenvalue weighted by molar-refractivity contribution is 8.13. The van der Waals surface area contributed by atoms with E-state index in [9.17, 15) is 8.42 Å². The van der Waals surface area contributed by atoms with Crippen molar-refractivity contribution in [1.82, 2.24) is 0 Å². The third kappa shape index (κ3) is 5.21. The van der Waals surface area contributed by atoms with E-state index >= 15 is 0 Å². The lowest BCUT2D eigenvalue weighted by Gasteiger charge is -2.29. The fourth-order valence-electron chi connectivity index (χ4n) is 3.17. The maximum atomic E-state index is 11.3. The Labute approximate surface area is 120 Å². The van der Waals surface area contributed by atoms with E-state index in [2.05, 4.69) is 0 Å². The van der Waals surface area contributed by atoms with Crippen LogP contribution in [0.4, 0.5) is 0 Å². The van der Waals surface area contributed by atoms with Gasteiger partial charge in [-0.15, -0.1) is 0 Å². The summed E-state index contributed by atoms with van der Waals surface area (Å²) < 4.78 is 34.1. The highest BCUT2D eigenvalue weighted by Crippen LogP contribution is 2.40. The molecule has 0 N–H and O–H groups in total. The second-order valence-corrected chi connectivity index (χ2v) is 8.67. The van der Waals surface area contributed by atoms with Crippen LogP contribution in [0.3, 0.4) is 0 Å². The molecule has 2 fully saturated rings. The van der Waals surface area contributed by atoms with Gasteiger partial charge < -0.3 is 9.47 Å². The Hall–Kier alpha value is 0.160. The second kappa shape index (κ2) is 6.74. The quantitative estimate of drug-likeness (QED) is 0.708. The minimum atomic E-state index is -3.46. The molecule has 2 rings (SSSR count). The Morgan fingerprint density at radius 3 is 2.53 bits per heavy atom. The minimum Gasteiger partial charge on any atom is -0.378 e. The monoisotopic (exact) mass is 310 g/mol. The van der Waals surface area contributed by atoms with Crippen LogP contribution in [0.1, 0.15) is 44.9 Å². The highest BCUT2D eigenvalue weighted by atomic mass is 35.7. The third-order valence-corrected chi connectivity index (χ3v) is 5.41. The predicted molar refractivity (Wildman–Crippen MR) is 75.0 cm³/mol. The van der Waals surface area contributed by atoms with Crippen molar-refractivity contribution in [2.75, 3.05) is 25.6 Å². The number of hydrogen-bond acceptors (Lipinski definition) is 4. The van der Waals surface area contributed by atoms with Gasteiger partial charge in [-0.3, -0.25) is 0 Å². The standard InChI is InChI=1S/C13H23ClO4S/c14-19(15,16)11-13(6-2-3-7-13)10-17-9-12-5-1-4-8-18-12/h12H,1-11H2. The van der Waals surface area contributed by atoms with Gasteiger partial charge in [-0.05, 0) is 32.1 Å². The molecule has 1 saturated heterocycles. The van der Waals surface area contributed by atoms with Gasteiger partial charge in [0.25, 0.3) is 0 Å². The van der Waals surface area contributed by atoms with Crippen molar-refractivity contribution < 1.29 is 17.9 Å². The largest absolute Gasteiger partial charge is 0.378 e. The van der Waals surface area contributed by atoms with E-state index in [1.165, 1.54) is 6.42 Å².